The molecule has 0 aliphatic carbocycles. The Kier molecular flexibility index (Phi) is 3.38. The Labute approximate surface area is 105 Å². The Morgan fingerprint density at radius 3 is 2.89 bits per heavy atom. The van der Waals surface area contributed by atoms with E-state index in [1.165, 1.54) is 0 Å². The Morgan fingerprint density at radius 1 is 1.50 bits per heavy atom. The quantitative estimate of drug-likeness (QED) is 0.816. The average molecular weight is 245 g/mol. The fourth-order valence-corrected chi connectivity index (χ4v) is 1.61. The number of rotatable bonds is 4. The number of carbonyl (C=O) groups excluding carboxylic acids is 1. The smallest absolute Gasteiger partial charge is 0.248 e. The molecular weight excluding hydrogens is 230 g/mol. The van der Waals surface area contributed by atoms with Crippen molar-refractivity contribution in [3.8, 4) is 0 Å². The SMILES string of the molecule is CC(N)c1cn(Cc2cccc(C(N)=O)c2)nn1. The Hall–Kier alpha value is -2.21. The van der Waals surface area contributed by atoms with Gasteiger partial charge in [-0.15, -0.1) is 5.10 Å². The van der Waals surface area contributed by atoms with E-state index in [2.05, 4.69) is 10.3 Å². The third-order valence-corrected chi connectivity index (χ3v) is 2.58. The first-order valence-corrected chi connectivity index (χ1v) is 5.60. The number of amides is 1. The second-order valence-corrected chi connectivity index (χ2v) is 4.19. The van der Waals surface area contributed by atoms with E-state index in [0.29, 0.717) is 12.1 Å². The van der Waals surface area contributed by atoms with E-state index < -0.39 is 5.91 Å². The van der Waals surface area contributed by atoms with Gasteiger partial charge in [0.05, 0.1) is 18.4 Å². The highest BCUT2D eigenvalue weighted by atomic mass is 16.1. The van der Waals surface area contributed by atoms with Gasteiger partial charge in [0.25, 0.3) is 0 Å². The van der Waals surface area contributed by atoms with Crippen LogP contribution < -0.4 is 11.5 Å². The molecule has 0 radical (unpaired) electrons. The minimum atomic E-state index is -0.438. The van der Waals surface area contributed by atoms with Crippen LogP contribution in [0.5, 0.6) is 0 Å². The summed E-state index contributed by atoms with van der Waals surface area (Å²) in [4.78, 5) is 11.1. The van der Waals surface area contributed by atoms with Crippen molar-refractivity contribution >= 4 is 5.91 Å². The molecule has 0 spiro atoms. The molecule has 1 amide bonds. The van der Waals surface area contributed by atoms with E-state index in [1.54, 1.807) is 29.1 Å². The van der Waals surface area contributed by atoms with Gasteiger partial charge in [-0.2, -0.15) is 0 Å². The largest absolute Gasteiger partial charge is 0.366 e. The van der Waals surface area contributed by atoms with Gasteiger partial charge in [0.15, 0.2) is 0 Å². The normalized spacial score (nSPS) is 12.3. The summed E-state index contributed by atoms with van der Waals surface area (Å²) in [5, 5.41) is 7.94. The summed E-state index contributed by atoms with van der Waals surface area (Å²) in [7, 11) is 0. The van der Waals surface area contributed by atoms with Crippen molar-refractivity contribution in [2.75, 3.05) is 0 Å². The van der Waals surface area contributed by atoms with Crippen LogP contribution in [0.25, 0.3) is 0 Å². The average Bonchev–Trinajstić information content (AvgIpc) is 2.78. The lowest BCUT2D eigenvalue weighted by Gasteiger charge is -2.02. The predicted octanol–water partition coefficient (Wildman–Crippen LogP) is 0.445. The minimum absolute atomic E-state index is 0.143. The van der Waals surface area contributed by atoms with E-state index in [9.17, 15) is 4.79 Å². The molecule has 94 valence electrons. The lowest BCUT2D eigenvalue weighted by atomic mass is 10.1. The molecule has 1 aromatic carbocycles. The van der Waals surface area contributed by atoms with Crippen molar-refractivity contribution in [2.24, 2.45) is 11.5 Å². The summed E-state index contributed by atoms with van der Waals surface area (Å²) in [5.74, 6) is -0.438. The van der Waals surface area contributed by atoms with Crippen LogP contribution in [-0.4, -0.2) is 20.9 Å². The van der Waals surface area contributed by atoms with E-state index in [4.69, 9.17) is 11.5 Å². The molecule has 0 bridgehead atoms. The number of hydrogen-bond acceptors (Lipinski definition) is 4. The molecule has 1 heterocycles. The van der Waals surface area contributed by atoms with E-state index in [0.717, 1.165) is 11.3 Å². The number of benzene rings is 1. The number of nitrogens with two attached hydrogens (primary N) is 2. The van der Waals surface area contributed by atoms with Gasteiger partial charge in [0, 0.05) is 11.6 Å². The number of aromatic nitrogens is 3. The first kappa shape index (κ1) is 12.3. The van der Waals surface area contributed by atoms with Crippen molar-refractivity contribution in [3.05, 3.63) is 47.3 Å². The standard InChI is InChI=1S/C12H15N5O/c1-8(13)11-7-17(16-15-11)6-9-3-2-4-10(5-9)12(14)18/h2-5,7-8H,6,13H2,1H3,(H2,14,18). The van der Waals surface area contributed by atoms with E-state index in [1.807, 2.05) is 13.0 Å². The molecule has 4 N–H and O–H groups in total. The monoisotopic (exact) mass is 245 g/mol. The molecule has 1 unspecified atom stereocenters. The molecule has 0 aliphatic heterocycles. The van der Waals surface area contributed by atoms with Gasteiger partial charge < -0.3 is 11.5 Å². The maximum Gasteiger partial charge on any atom is 0.248 e. The zero-order valence-corrected chi connectivity index (χ0v) is 10.1. The number of hydrogen-bond donors (Lipinski definition) is 2. The third kappa shape index (κ3) is 2.72. The van der Waals surface area contributed by atoms with Gasteiger partial charge in [-0.3, -0.25) is 4.79 Å². The van der Waals surface area contributed by atoms with Crippen molar-refractivity contribution in [3.63, 3.8) is 0 Å². The number of carbonyl (C=O) groups is 1. The first-order chi connectivity index (χ1) is 8.56. The summed E-state index contributed by atoms with van der Waals surface area (Å²) in [6, 6.07) is 6.98. The summed E-state index contributed by atoms with van der Waals surface area (Å²) in [6.45, 7) is 2.38. The van der Waals surface area contributed by atoms with Crippen LogP contribution in [0.4, 0.5) is 0 Å². The molecule has 0 saturated carbocycles. The molecule has 18 heavy (non-hydrogen) atoms. The number of nitrogens with zero attached hydrogens (tertiary/aromatic N) is 3. The van der Waals surface area contributed by atoms with E-state index in [-0.39, 0.29) is 6.04 Å². The van der Waals surface area contributed by atoms with Crippen molar-refractivity contribution in [2.45, 2.75) is 19.5 Å². The summed E-state index contributed by atoms with van der Waals surface area (Å²) < 4.78 is 1.68. The van der Waals surface area contributed by atoms with Gasteiger partial charge in [-0.05, 0) is 24.6 Å². The molecule has 0 aliphatic rings. The molecule has 6 nitrogen and oxygen atoms in total. The minimum Gasteiger partial charge on any atom is -0.366 e. The molecular formula is C12H15N5O. The zero-order valence-electron chi connectivity index (χ0n) is 10.1. The van der Waals surface area contributed by atoms with E-state index >= 15 is 0 Å². The molecule has 0 fully saturated rings. The fourth-order valence-electron chi connectivity index (χ4n) is 1.61. The molecule has 6 heteroatoms. The van der Waals surface area contributed by atoms with Crippen LogP contribution in [-0.2, 0) is 6.54 Å². The fraction of sp³-hybridized carbons (Fsp3) is 0.250. The lowest BCUT2D eigenvalue weighted by Crippen LogP contribution is -2.11. The van der Waals surface area contributed by atoms with Crippen LogP contribution in [0.1, 0.15) is 34.6 Å². The second kappa shape index (κ2) is 4.97. The summed E-state index contributed by atoms with van der Waals surface area (Å²) in [6.07, 6.45) is 1.79. The first-order valence-electron chi connectivity index (χ1n) is 5.60. The highest BCUT2D eigenvalue weighted by molar-refractivity contribution is 5.92. The number of primary amides is 1. The van der Waals surface area contributed by atoms with Crippen molar-refractivity contribution < 1.29 is 4.79 Å². The maximum atomic E-state index is 11.1. The van der Waals surface area contributed by atoms with Crippen LogP contribution in [0, 0.1) is 0 Å². The molecule has 2 rings (SSSR count). The highest BCUT2D eigenvalue weighted by Gasteiger charge is 2.06. The highest BCUT2D eigenvalue weighted by Crippen LogP contribution is 2.08. The van der Waals surface area contributed by atoms with Crippen molar-refractivity contribution in [1.29, 1.82) is 0 Å². The topological polar surface area (TPSA) is 99.8 Å². The molecule has 2 aromatic rings. The summed E-state index contributed by atoms with van der Waals surface area (Å²) in [5.41, 5.74) is 13.1. The van der Waals surface area contributed by atoms with Gasteiger partial charge in [-0.25, -0.2) is 4.68 Å². The molecule has 1 atom stereocenters. The van der Waals surface area contributed by atoms with Crippen molar-refractivity contribution in [1.82, 2.24) is 15.0 Å². The van der Waals surface area contributed by atoms with Gasteiger partial charge in [0.2, 0.25) is 5.91 Å². The van der Waals surface area contributed by atoms with Gasteiger partial charge >= 0.3 is 0 Å². The maximum absolute atomic E-state index is 11.1. The van der Waals surface area contributed by atoms with Crippen LogP contribution in [0.3, 0.4) is 0 Å². The zero-order chi connectivity index (χ0) is 13.1. The second-order valence-electron chi connectivity index (χ2n) is 4.19. The van der Waals surface area contributed by atoms with Crippen LogP contribution >= 0.6 is 0 Å². The lowest BCUT2D eigenvalue weighted by molar-refractivity contribution is 0.1000. The predicted molar refractivity (Wildman–Crippen MR) is 66.7 cm³/mol. The third-order valence-electron chi connectivity index (χ3n) is 2.58. The molecule has 1 aromatic heterocycles. The Morgan fingerprint density at radius 2 is 2.28 bits per heavy atom. The molecule has 0 saturated heterocycles. The van der Waals surface area contributed by atoms with Crippen LogP contribution in [0.2, 0.25) is 0 Å². The van der Waals surface area contributed by atoms with Crippen LogP contribution in [0.15, 0.2) is 30.5 Å². The van der Waals surface area contributed by atoms with Gasteiger partial charge in [-0.1, -0.05) is 17.3 Å². The Bertz CT molecular complexity index is 561. The Balaban J connectivity index is 2.17. The van der Waals surface area contributed by atoms with Gasteiger partial charge in [0.1, 0.15) is 0 Å². The summed E-state index contributed by atoms with van der Waals surface area (Å²) >= 11 is 0.